The van der Waals surface area contributed by atoms with Gasteiger partial charge in [0.05, 0.1) is 13.2 Å². The van der Waals surface area contributed by atoms with Gasteiger partial charge in [0.25, 0.3) is 0 Å². The molecule has 0 aliphatic heterocycles. The van der Waals surface area contributed by atoms with Gasteiger partial charge in [-0.1, -0.05) is 12.1 Å². The molecule has 3 nitrogen and oxygen atoms in total. The van der Waals surface area contributed by atoms with Gasteiger partial charge in [0.1, 0.15) is 5.75 Å². The number of hydrogen-bond acceptors (Lipinski definition) is 3. The first-order valence-corrected chi connectivity index (χ1v) is 7.84. The van der Waals surface area contributed by atoms with Gasteiger partial charge in [-0.05, 0) is 56.2 Å². The summed E-state index contributed by atoms with van der Waals surface area (Å²) in [5.41, 5.74) is 7.64. The smallest absolute Gasteiger partial charge is 0.119 e. The third kappa shape index (κ3) is 3.15. The molecule has 2 unspecified atom stereocenters. The van der Waals surface area contributed by atoms with Crippen molar-refractivity contribution >= 4 is 0 Å². The van der Waals surface area contributed by atoms with Crippen LogP contribution in [0.25, 0.3) is 0 Å². The first-order valence-electron chi connectivity index (χ1n) is 7.84. The maximum absolute atomic E-state index is 6.34. The Kier molecular flexibility index (Phi) is 3.99. The van der Waals surface area contributed by atoms with E-state index >= 15 is 0 Å². The van der Waals surface area contributed by atoms with Crippen molar-refractivity contribution in [1.82, 2.24) is 4.90 Å². The average Bonchev–Trinajstić information content (AvgIpc) is 3.30. The second kappa shape index (κ2) is 5.74. The summed E-state index contributed by atoms with van der Waals surface area (Å²) in [6, 6.07) is 9.63. The molecule has 0 heterocycles. The summed E-state index contributed by atoms with van der Waals surface area (Å²) in [5.74, 6) is 1.83. The van der Waals surface area contributed by atoms with Crippen molar-refractivity contribution in [3.63, 3.8) is 0 Å². The zero-order valence-corrected chi connectivity index (χ0v) is 12.6. The average molecular weight is 274 g/mol. The molecule has 1 aromatic carbocycles. The van der Waals surface area contributed by atoms with E-state index in [1.54, 1.807) is 7.11 Å². The number of benzene rings is 1. The van der Waals surface area contributed by atoms with E-state index in [2.05, 4.69) is 30.0 Å². The molecule has 2 aliphatic carbocycles. The van der Waals surface area contributed by atoms with Crippen LogP contribution >= 0.6 is 0 Å². The minimum atomic E-state index is 0.140. The topological polar surface area (TPSA) is 38.5 Å². The number of nitrogens with two attached hydrogens (primary N) is 1. The van der Waals surface area contributed by atoms with E-state index in [9.17, 15) is 0 Å². The van der Waals surface area contributed by atoms with Crippen molar-refractivity contribution in [2.45, 2.75) is 50.7 Å². The van der Waals surface area contributed by atoms with Crippen LogP contribution in [0.3, 0.4) is 0 Å². The van der Waals surface area contributed by atoms with Crippen molar-refractivity contribution < 1.29 is 4.74 Å². The Bertz CT molecular complexity index is 452. The summed E-state index contributed by atoms with van der Waals surface area (Å²) in [6.07, 6.45) is 5.46. The van der Waals surface area contributed by atoms with Crippen LogP contribution in [0.4, 0.5) is 0 Å². The maximum Gasteiger partial charge on any atom is 0.119 e. The highest BCUT2D eigenvalue weighted by molar-refractivity contribution is 5.31. The molecule has 2 N–H and O–H groups in total. The van der Waals surface area contributed by atoms with E-state index in [1.165, 1.54) is 37.8 Å². The van der Waals surface area contributed by atoms with Gasteiger partial charge in [0, 0.05) is 18.6 Å². The highest BCUT2D eigenvalue weighted by atomic mass is 16.5. The Balaban J connectivity index is 1.85. The molecule has 2 saturated carbocycles. The van der Waals surface area contributed by atoms with Gasteiger partial charge < -0.3 is 10.5 Å². The van der Waals surface area contributed by atoms with Gasteiger partial charge in [-0.25, -0.2) is 0 Å². The molecule has 1 aromatic rings. The Morgan fingerprint density at radius 3 is 2.60 bits per heavy atom. The Morgan fingerprint density at radius 2 is 2.05 bits per heavy atom. The van der Waals surface area contributed by atoms with E-state index < -0.39 is 0 Å². The molecular formula is C17H26N2O. The van der Waals surface area contributed by atoms with E-state index in [0.717, 1.165) is 17.7 Å². The van der Waals surface area contributed by atoms with Crippen molar-refractivity contribution in [3.05, 3.63) is 29.8 Å². The van der Waals surface area contributed by atoms with Gasteiger partial charge in [0.2, 0.25) is 0 Å². The summed E-state index contributed by atoms with van der Waals surface area (Å²) < 4.78 is 5.37. The maximum atomic E-state index is 6.34. The molecule has 2 aliphatic rings. The predicted molar refractivity (Wildman–Crippen MR) is 81.8 cm³/mol. The zero-order valence-electron chi connectivity index (χ0n) is 12.6. The van der Waals surface area contributed by atoms with Gasteiger partial charge >= 0.3 is 0 Å². The minimum absolute atomic E-state index is 0.140. The molecule has 3 rings (SSSR count). The summed E-state index contributed by atoms with van der Waals surface area (Å²) >= 11 is 0. The van der Waals surface area contributed by atoms with Crippen molar-refractivity contribution in [3.8, 4) is 5.75 Å². The first kappa shape index (κ1) is 13.9. The zero-order chi connectivity index (χ0) is 14.1. The number of hydrogen-bond donors (Lipinski definition) is 1. The molecule has 0 amide bonds. The van der Waals surface area contributed by atoms with Crippen LogP contribution in [-0.2, 0) is 0 Å². The second-order valence-electron chi connectivity index (χ2n) is 6.45. The Hall–Kier alpha value is -1.06. The van der Waals surface area contributed by atoms with Crippen LogP contribution in [0.5, 0.6) is 5.75 Å². The summed E-state index contributed by atoms with van der Waals surface area (Å²) in [5, 5.41) is 0. The van der Waals surface area contributed by atoms with E-state index in [1.807, 2.05) is 6.07 Å². The minimum Gasteiger partial charge on any atom is -0.497 e. The number of nitrogens with zero attached hydrogens (tertiary/aromatic N) is 1. The predicted octanol–water partition coefficient (Wildman–Crippen LogP) is 2.96. The van der Waals surface area contributed by atoms with Crippen LogP contribution < -0.4 is 10.5 Å². The van der Waals surface area contributed by atoms with Crippen LogP contribution in [-0.4, -0.2) is 30.6 Å². The standard InChI is InChI=1S/C17H26N2O/c1-12(18)17(14-4-3-5-16(10-14)20-2)19(15-8-9-15)11-13-6-7-13/h3-5,10,12-13,15,17H,6-9,11,18H2,1-2H3. The third-order valence-electron chi connectivity index (χ3n) is 4.47. The first-order chi connectivity index (χ1) is 9.69. The highest BCUT2D eigenvalue weighted by Crippen LogP contribution is 2.40. The molecule has 0 saturated heterocycles. The molecule has 2 atom stereocenters. The lowest BCUT2D eigenvalue weighted by Gasteiger charge is -2.35. The quantitative estimate of drug-likeness (QED) is 0.831. The molecule has 0 bridgehead atoms. The van der Waals surface area contributed by atoms with E-state index in [0.29, 0.717) is 6.04 Å². The normalized spacial score (nSPS) is 21.8. The number of ether oxygens (including phenoxy) is 1. The Morgan fingerprint density at radius 1 is 1.30 bits per heavy atom. The van der Waals surface area contributed by atoms with Crippen LogP contribution in [0, 0.1) is 5.92 Å². The molecule has 20 heavy (non-hydrogen) atoms. The van der Waals surface area contributed by atoms with E-state index in [4.69, 9.17) is 10.5 Å². The fraction of sp³-hybridized carbons (Fsp3) is 0.647. The molecule has 0 radical (unpaired) electrons. The number of methoxy groups -OCH3 is 1. The van der Waals surface area contributed by atoms with Gasteiger partial charge in [-0.3, -0.25) is 4.90 Å². The molecule has 0 spiro atoms. The lowest BCUT2D eigenvalue weighted by molar-refractivity contribution is 0.159. The highest BCUT2D eigenvalue weighted by Gasteiger charge is 2.39. The largest absolute Gasteiger partial charge is 0.497 e. The summed E-state index contributed by atoms with van der Waals surface area (Å²) in [7, 11) is 1.73. The lowest BCUT2D eigenvalue weighted by atomic mass is 9.98. The molecule has 3 heteroatoms. The van der Waals surface area contributed by atoms with Crippen molar-refractivity contribution in [1.29, 1.82) is 0 Å². The molecular weight excluding hydrogens is 248 g/mol. The van der Waals surface area contributed by atoms with Crippen LogP contribution in [0.1, 0.15) is 44.2 Å². The van der Waals surface area contributed by atoms with Crippen LogP contribution in [0.2, 0.25) is 0 Å². The van der Waals surface area contributed by atoms with Crippen LogP contribution in [0.15, 0.2) is 24.3 Å². The second-order valence-corrected chi connectivity index (χ2v) is 6.45. The van der Waals surface area contributed by atoms with Gasteiger partial charge in [0.15, 0.2) is 0 Å². The fourth-order valence-corrected chi connectivity index (χ4v) is 3.12. The molecule has 110 valence electrons. The summed E-state index contributed by atoms with van der Waals surface area (Å²) in [4.78, 5) is 2.66. The third-order valence-corrected chi connectivity index (χ3v) is 4.47. The van der Waals surface area contributed by atoms with Gasteiger partial charge in [-0.15, -0.1) is 0 Å². The fourth-order valence-electron chi connectivity index (χ4n) is 3.12. The lowest BCUT2D eigenvalue weighted by Crippen LogP contribution is -2.42. The van der Waals surface area contributed by atoms with Crippen molar-refractivity contribution in [2.24, 2.45) is 11.7 Å². The summed E-state index contributed by atoms with van der Waals surface area (Å²) in [6.45, 7) is 3.35. The number of rotatable bonds is 7. The Labute approximate surface area is 122 Å². The van der Waals surface area contributed by atoms with E-state index in [-0.39, 0.29) is 6.04 Å². The monoisotopic (exact) mass is 274 g/mol. The van der Waals surface area contributed by atoms with Gasteiger partial charge in [-0.2, -0.15) is 0 Å². The SMILES string of the molecule is COc1cccc(C(C(C)N)N(CC2CC2)C2CC2)c1. The molecule has 0 aromatic heterocycles. The van der Waals surface area contributed by atoms with Crippen molar-refractivity contribution in [2.75, 3.05) is 13.7 Å². The molecule has 2 fully saturated rings.